The number of rotatable bonds is 1. The second kappa shape index (κ2) is 3.48. The zero-order chi connectivity index (χ0) is 12.1. The summed E-state index contributed by atoms with van der Waals surface area (Å²) in [6.45, 7) is 5.54. The number of carboxylic acid groups (broad SMARTS) is 1. The van der Waals surface area contributed by atoms with Gasteiger partial charge in [0.25, 0.3) is 0 Å². The minimum absolute atomic E-state index is 0.423. The monoisotopic (exact) mass is 284 g/mol. The van der Waals surface area contributed by atoms with Crippen molar-refractivity contribution in [2.24, 2.45) is 0 Å². The van der Waals surface area contributed by atoms with Crippen molar-refractivity contribution in [3.63, 3.8) is 0 Å². The molecule has 0 radical (unpaired) electrons. The van der Waals surface area contributed by atoms with E-state index in [0.29, 0.717) is 12.2 Å². The quantitative estimate of drug-likeness (QED) is 0.863. The molecule has 1 unspecified atom stereocenters. The number of aliphatic carboxylic acids is 1. The van der Waals surface area contributed by atoms with Gasteiger partial charge < -0.3 is 9.84 Å². The summed E-state index contributed by atoms with van der Waals surface area (Å²) >= 11 is 3.48. The number of hydrogen-bond donors (Lipinski definition) is 1. The summed E-state index contributed by atoms with van der Waals surface area (Å²) in [6.07, 6.45) is 0.423. The van der Waals surface area contributed by atoms with Gasteiger partial charge in [0.1, 0.15) is 5.75 Å². The van der Waals surface area contributed by atoms with Gasteiger partial charge in [-0.3, -0.25) is 0 Å². The SMILES string of the molecule is Cc1cc2c(c(C)c1Br)OC(C)(C(=O)O)C2. The second-order valence-corrected chi connectivity index (χ2v) is 5.23. The summed E-state index contributed by atoms with van der Waals surface area (Å²) in [4.78, 5) is 11.1. The summed E-state index contributed by atoms with van der Waals surface area (Å²) in [6, 6.07) is 1.99. The molecule has 0 bridgehead atoms. The molecule has 1 aromatic carbocycles. The first-order valence-corrected chi connectivity index (χ1v) is 5.85. The standard InChI is InChI=1S/C12H13BrO3/c1-6-4-8-5-12(3,11(14)15)16-10(8)7(2)9(6)13/h4H,5H2,1-3H3,(H,14,15). The Bertz CT molecular complexity index is 482. The molecule has 1 aromatic rings. The van der Waals surface area contributed by atoms with Crippen molar-refractivity contribution >= 4 is 21.9 Å². The van der Waals surface area contributed by atoms with Crippen LogP contribution in [-0.2, 0) is 11.2 Å². The highest BCUT2D eigenvalue weighted by Crippen LogP contribution is 2.41. The van der Waals surface area contributed by atoms with Crippen molar-refractivity contribution in [2.45, 2.75) is 32.8 Å². The Balaban J connectivity index is 2.54. The molecule has 1 atom stereocenters. The zero-order valence-corrected chi connectivity index (χ0v) is 11.0. The van der Waals surface area contributed by atoms with Crippen LogP contribution in [0.2, 0.25) is 0 Å². The molecule has 0 aliphatic carbocycles. The van der Waals surface area contributed by atoms with E-state index in [9.17, 15) is 4.79 Å². The summed E-state index contributed by atoms with van der Waals surface area (Å²) in [5.74, 6) is -0.209. The van der Waals surface area contributed by atoms with E-state index < -0.39 is 11.6 Å². The van der Waals surface area contributed by atoms with Crippen LogP contribution in [0.4, 0.5) is 0 Å². The fourth-order valence-corrected chi connectivity index (χ4v) is 2.34. The lowest BCUT2D eigenvalue weighted by Gasteiger charge is -2.18. The predicted octanol–water partition coefficient (Wildman–Crippen LogP) is 2.84. The summed E-state index contributed by atoms with van der Waals surface area (Å²) in [7, 11) is 0. The first-order valence-electron chi connectivity index (χ1n) is 5.06. The predicted molar refractivity (Wildman–Crippen MR) is 64.0 cm³/mol. The maximum absolute atomic E-state index is 11.1. The lowest BCUT2D eigenvalue weighted by molar-refractivity contribution is -0.152. The molecule has 0 spiro atoms. The zero-order valence-electron chi connectivity index (χ0n) is 9.43. The average molecular weight is 285 g/mol. The van der Waals surface area contributed by atoms with Gasteiger partial charge in [-0.05, 0) is 31.9 Å². The Labute approximate surface area is 103 Å². The van der Waals surface area contributed by atoms with Crippen LogP contribution in [0.1, 0.15) is 23.6 Å². The maximum Gasteiger partial charge on any atom is 0.348 e. The third kappa shape index (κ3) is 1.52. The van der Waals surface area contributed by atoms with Gasteiger partial charge in [-0.25, -0.2) is 4.79 Å². The van der Waals surface area contributed by atoms with Crippen LogP contribution < -0.4 is 4.74 Å². The minimum Gasteiger partial charge on any atom is -0.478 e. The molecule has 3 nitrogen and oxygen atoms in total. The number of ether oxygens (including phenoxy) is 1. The minimum atomic E-state index is -1.12. The summed E-state index contributed by atoms with van der Waals surface area (Å²) in [5.41, 5.74) is 1.93. The van der Waals surface area contributed by atoms with Crippen LogP contribution >= 0.6 is 15.9 Å². The molecule has 16 heavy (non-hydrogen) atoms. The lowest BCUT2D eigenvalue weighted by Crippen LogP contribution is -2.39. The van der Waals surface area contributed by atoms with E-state index in [0.717, 1.165) is 21.2 Å². The van der Waals surface area contributed by atoms with E-state index >= 15 is 0 Å². The number of aryl methyl sites for hydroxylation is 1. The fraction of sp³-hybridized carbons (Fsp3) is 0.417. The molecule has 1 heterocycles. The molecule has 2 rings (SSSR count). The first kappa shape index (κ1) is 11.5. The molecule has 0 amide bonds. The number of carbonyl (C=O) groups is 1. The van der Waals surface area contributed by atoms with E-state index in [1.54, 1.807) is 6.92 Å². The molecular formula is C12H13BrO3. The Morgan fingerprint density at radius 2 is 2.19 bits per heavy atom. The molecule has 1 aliphatic rings. The number of hydrogen-bond acceptors (Lipinski definition) is 2. The third-order valence-electron chi connectivity index (χ3n) is 3.01. The Morgan fingerprint density at radius 1 is 1.56 bits per heavy atom. The molecule has 4 heteroatoms. The van der Waals surface area contributed by atoms with Crippen LogP contribution in [0.3, 0.4) is 0 Å². The second-order valence-electron chi connectivity index (χ2n) is 4.44. The van der Waals surface area contributed by atoms with Gasteiger partial charge >= 0.3 is 5.97 Å². The van der Waals surface area contributed by atoms with E-state index in [-0.39, 0.29) is 0 Å². The van der Waals surface area contributed by atoms with Crippen LogP contribution in [-0.4, -0.2) is 16.7 Å². The fourth-order valence-electron chi connectivity index (χ4n) is 2.04. The van der Waals surface area contributed by atoms with E-state index in [1.807, 2.05) is 19.9 Å². The van der Waals surface area contributed by atoms with Crippen molar-refractivity contribution in [1.82, 2.24) is 0 Å². The Morgan fingerprint density at radius 3 is 2.75 bits per heavy atom. The third-order valence-corrected chi connectivity index (χ3v) is 4.23. The summed E-state index contributed by atoms with van der Waals surface area (Å²) < 4.78 is 6.58. The normalized spacial score (nSPS) is 22.8. The smallest absolute Gasteiger partial charge is 0.348 e. The average Bonchev–Trinajstić information content (AvgIpc) is 2.54. The molecule has 1 N–H and O–H groups in total. The van der Waals surface area contributed by atoms with Crippen molar-refractivity contribution in [3.8, 4) is 5.75 Å². The Kier molecular flexibility index (Phi) is 2.49. The first-order chi connectivity index (χ1) is 7.35. The highest BCUT2D eigenvalue weighted by Gasteiger charge is 2.43. The van der Waals surface area contributed by atoms with Crippen molar-refractivity contribution in [2.75, 3.05) is 0 Å². The van der Waals surface area contributed by atoms with Crippen molar-refractivity contribution < 1.29 is 14.6 Å². The van der Waals surface area contributed by atoms with Crippen LogP contribution in [0.25, 0.3) is 0 Å². The highest BCUT2D eigenvalue weighted by molar-refractivity contribution is 9.10. The number of carboxylic acids is 1. The van der Waals surface area contributed by atoms with Crippen LogP contribution in [0.5, 0.6) is 5.75 Å². The highest BCUT2D eigenvalue weighted by atomic mass is 79.9. The van der Waals surface area contributed by atoms with E-state index in [2.05, 4.69) is 15.9 Å². The largest absolute Gasteiger partial charge is 0.478 e. The van der Waals surface area contributed by atoms with Gasteiger partial charge in [-0.1, -0.05) is 22.0 Å². The number of benzene rings is 1. The van der Waals surface area contributed by atoms with Gasteiger partial charge in [0.2, 0.25) is 5.60 Å². The molecular weight excluding hydrogens is 272 g/mol. The molecule has 0 fully saturated rings. The van der Waals surface area contributed by atoms with Crippen LogP contribution in [0, 0.1) is 13.8 Å². The van der Waals surface area contributed by atoms with Gasteiger partial charge in [0, 0.05) is 16.5 Å². The van der Waals surface area contributed by atoms with Crippen molar-refractivity contribution in [3.05, 3.63) is 27.2 Å². The van der Waals surface area contributed by atoms with Gasteiger partial charge in [0.05, 0.1) is 0 Å². The van der Waals surface area contributed by atoms with Gasteiger partial charge in [0.15, 0.2) is 0 Å². The summed E-state index contributed by atoms with van der Waals surface area (Å²) in [5, 5.41) is 9.14. The molecule has 0 aromatic heterocycles. The molecule has 86 valence electrons. The molecule has 0 saturated carbocycles. The Hall–Kier alpha value is -1.03. The topological polar surface area (TPSA) is 46.5 Å². The maximum atomic E-state index is 11.1. The van der Waals surface area contributed by atoms with Crippen LogP contribution in [0.15, 0.2) is 10.5 Å². The van der Waals surface area contributed by atoms with E-state index in [4.69, 9.17) is 9.84 Å². The number of halogens is 1. The van der Waals surface area contributed by atoms with Gasteiger partial charge in [-0.2, -0.15) is 0 Å². The lowest BCUT2D eigenvalue weighted by atomic mass is 9.97. The molecule has 0 saturated heterocycles. The van der Waals surface area contributed by atoms with Crippen molar-refractivity contribution in [1.29, 1.82) is 0 Å². The van der Waals surface area contributed by atoms with E-state index in [1.165, 1.54) is 0 Å². The molecule has 1 aliphatic heterocycles. The number of fused-ring (bicyclic) bond motifs is 1. The van der Waals surface area contributed by atoms with Gasteiger partial charge in [-0.15, -0.1) is 0 Å².